The Kier molecular flexibility index (Phi) is 5.30. The van der Waals surface area contributed by atoms with Crippen LogP contribution in [0.4, 0.5) is 0 Å². The van der Waals surface area contributed by atoms with Crippen LogP contribution in [0.3, 0.4) is 0 Å². The van der Waals surface area contributed by atoms with Gasteiger partial charge in [-0.1, -0.05) is 44.2 Å². The van der Waals surface area contributed by atoms with Gasteiger partial charge in [0.15, 0.2) is 0 Å². The highest BCUT2D eigenvalue weighted by Crippen LogP contribution is 2.43. The molecule has 2 saturated heterocycles. The lowest BCUT2D eigenvalue weighted by Crippen LogP contribution is -2.56. The van der Waals surface area contributed by atoms with Crippen LogP contribution in [0.5, 0.6) is 0 Å². The highest BCUT2D eigenvalue weighted by Gasteiger charge is 2.51. The second-order valence-electron chi connectivity index (χ2n) is 7.55. The zero-order valence-corrected chi connectivity index (χ0v) is 15.6. The summed E-state index contributed by atoms with van der Waals surface area (Å²) >= 11 is 0. The molecule has 2 aliphatic rings. The number of hydrogen-bond acceptors (Lipinski definition) is 4. The number of fused-ring (bicyclic) bond motifs is 1. The van der Waals surface area contributed by atoms with Crippen LogP contribution in [0.25, 0.3) is 0 Å². The van der Waals surface area contributed by atoms with Gasteiger partial charge in [0.05, 0.1) is 31.7 Å². The Morgan fingerprint density at radius 2 is 1.92 bits per heavy atom. The number of benzene rings is 1. The van der Waals surface area contributed by atoms with E-state index in [0.717, 1.165) is 5.56 Å². The van der Waals surface area contributed by atoms with E-state index >= 15 is 0 Å². The molecule has 0 aliphatic carbocycles. The molecule has 0 saturated carbocycles. The summed E-state index contributed by atoms with van der Waals surface area (Å²) in [7, 11) is 1.38. The molecule has 2 aliphatic heterocycles. The van der Waals surface area contributed by atoms with Crippen LogP contribution in [0, 0.1) is 11.8 Å². The molecule has 0 bridgehead atoms. The van der Waals surface area contributed by atoms with E-state index in [1.54, 1.807) is 9.80 Å². The molecule has 0 spiro atoms. The molecule has 0 aromatic heterocycles. The lowest BCUT2D eigenvalue weighted by molar-refractivity contribution is -0.151. The van der Waals surface area contributed by atoms with E-state index in [4.69, 9.17) is 4.74 Å². The van der Waals surface area contributed by atoms with Gasteiger partial charge in [-0.3, -0.25) is 14.4 Å². The van der Waals surface area contributed by atoms with Crippen molar-refractivity contribution in [2.45, 2.75) is 38.8 Å². The monoisotopic (exact) mass is 358 g/mol. The Labute approximate surface area is 154 Å². The van der Waals surface area contributed by atoms with Gasteiger partial charge in [0.25, 0.3) is 0 Å². The average molecular weight is 358 g/mol. The van der Waals surface area contributed by atoms with Gasteiger partial charge in [-0.25, -0.2) is 0 Å². The summed E-state index contributed by atoms with van der Waals surface area (Å²) in [5, 5.41) is 0. The van der Waals surface area contributed by atoms with Crippen molar-refractivity contribution < 1.29 is 19.1 Å². The van der Waals surface area contributed by atoms with E-state index in [9.17, 15) is 14.4 Å². The number of carbonyl (C=O) groups is 3. The molecule has 2 heterocycles. The molecule has 0 radical (unpaired) electrons. The average Bonchev–Trinajstić information content (AvgIpc) is 3.01. The number of piperazine rings is 1. The topological polar surface area (TPSA) is 66.9 Å². The summed E-state index contributed by atoms with van der Waals surface area (Å²) in [6, 6.07) is 9.12. The molecule has 1 aromatic rings. The van der Waals surface area contributed by atoms with Crippen molar-refractivity contribution in [3.63, 3.8) is 0 Å². The number of methoxy groups -OCH3 is 1. The van der Waals surface area contributed by atoms with Crippen LogP contribution < -0.4 is 0 Å². The first kappa shape index (κ1) is 18.4. The molecule has 3 rings (SSSR count). The van der Waals surface area contributed by atoms with Gasteiger partial charge in [-0.2, -0.15) is 0 Å². The first-order valence-electron chi connectivity index (χ1n) is 9.14. The van der Waals surface area contributed by atoms with Crippen molar-refractivity contribution in [3.8, 4) is 0 Å². The number of ether oxygens (including phenoxy) is 1. The Bertz CT molecular complexity index is 688. The molecule has 2 amide bonds. The van der Waals surface area contributed by atoms with Crippen molar-refractivity contribution >= 4 is 17.8 Å². The minimum Gasteiger partial charge on any atom is -0.469 e. The van der Waals surface area contributed by atoms with Gasteiger partial charge in [-0.05, 0) is 17.9 Å². The van der Waals surface area contributed by atoms with E-state index in [2.05, 4.69) is 0 Å². The van der Waals surface area contributed by atoms with Crippen molar-refractivity contribution in [3.05, 3.63) is 35.9 Å². The van der Waals surface area contributed by atoms with E-state index in [1.807, 2.05) is 44.2 Å². The second kappa shape index (κ2) is 7.48. The molecule has 140 valence electrons. The lowest BCUT2D eigenvalue weighted by Gasteiger charge is -2.40. The van der Waals surface area contributed by atoms with Crippen LogP contribution in [-0.2, 0) is 19.1 Å². The molecule has 1 aromatic carbocycles. The Morgan fingerprint density at radius 3 is 2.54 bits per heavy atom. The fraction of sp³-hybridized carbons (Fsp3) is 0.550. The first-order chi connectivity index (χ1) is 12.4. The summed E-state index contributed by atoms with van der Waals surface area (Å²) in [5.41, 5.74) is 0.931. The molecule has 2 fully saturated rings. The maximum Gasteiger partial charge on any atom is 0.311 e. The molecular weight excluding hydrogens is 332 g/mol. The Morgan fingerprint density at radius 1 is 1.23 bits per heavy atom. The smallest absolute Gasteiger partial charge is 0.311 e. The van der Waals surface area contributed by atoms with Crippen molar-refractivity contribution in [1.82, 2.24) is 9.80 Å². The second-order valence-corrected chi connectivity index (χ2v) is 7.55. The molecule has 0 N–H and O–H groups in total. The normalized spacial score (nSPS) is 25.4. The standard InChI is InChI=1S/C20H26N2O4/c1-13(2)9-17(23)21-11-15-10-16(20(25)26-3)19(22(15)18(24)12-21)14-7-5-4-6-8-14/h4-8,13,15-16,19H,9-12H2,1-3H3/t15-,16-,19-/m0/s1. The maximum absolute atomic E-state index is 12.9. The number of rotatable bonds is 4. The van der Waals surface area contributed by atoms with Crippen molar-refractivity contribution in [2.75, 3.05) is 20.2 Å². The summed E-state index contributed by atoms with van der Waals surface area (Å²) in [6.45, 7) is 4.54. The zero-order valence-electron chi connectivity index (χ0n) is 15.6. The first-order valence-corrected chi connectivity index (χ1v) is 9.14. The van der Waals surface area contributed by atoms with Crippen LogP contribution in [-0.4, -0.2) is 53.8 Å². The summed E-state index contributed by atoms with van der Waals surface area (Å²) < 4.78 is 5.00. The lowest BCUT2D eigenvalue weighted by atomic mass is 9.93. The zero-order chi connectivity index (χ0) is 18.8. The van der Waals surface area contributed by atoms with E-state index in [0.29, 0.717) is 19.4 Å². The van der Waals surface area contributed by atoms with Crippen LogP contribution in [0.15, 0.2) is 30.3 Å². The quantitative estimate of drug-likeness (QED) is 0.772. The number of carbonyl (C=O) groups excluding carboxylic acids is 3. The molecule has 3 atom stereocenters. The Hall–Kier alpha value is -2.37. The van der Waals surface area contributed by atoms with Crippen molar-refractivity contribution in [1.29, 1.82) is 0 Å². The summed E-state index contributed by atoms with van der Waals surface area (Å²) in [6.07, 6.45) is 0.950. The van der Waals surface area contributed by atoms with E-state index < -0.39 is 5.92 Å². The van der Waals surface area contributed by atoms with Crippen LogP contribution in [0.1, 0.15) is 38.3 Å². The summed E-state index contributed by atoms with van der Waals surface area (Å²) in [5.74, 6) is -0.555. The third-order valence-corrected chi connectivity index (χ3v) is 5.23. The third-order valence-electron chi connectivity index (χ3n) is 5.23. The van der Waals surface area contributed by atoms with Gasteiger partial charge in [0.1, 0.15) is 0 Å². The number of esters is 1. The highest BCUT2D eigenvalue weighted by molar-refractivity contribution is 5.88. The highest BCUT2D eigenvalue weighted by atomic mass is 16.5. The molecule has 26 heavy (non-hydrogen) atoms. The predicted octanol–water partition coefficient (Wildman–Crippen LogP) is 2.01. The minimum atomic E-state index is -0.406. The van der Waals surface area contributed by atoms with Crippen LogP contribution in [0.2, 0.25) is 0 Å². The van der Waals surface area contributed by atoms with Gasteiger partial charge in [0.2, 0.25) is 11.8 Å². The van der Waals surface area contributed by atoms with Gasteiger partial charge in [-0.15, -0.1) is 0 Å². The summed E-state index contributed by atoms with van der Waals surface area (Å²) in [4.78, 5) is 41.1. The molecule has 0 unspecified atom stereocenters. The molecular formula is C20H26N2O4. The van der Waals surface area contributed by atoms with Gasteiger partial charge < -0.3 is 14.5 Å². The third kappa shape index (κ3) is 3.45. The van der Waals surface area contributed by atoms with E-state index in [-0.39, 0.29) is 42.3 Å². The van der Waals surface area contributed by atoms with Crippen molar-refractivity contribution in [2.24, 2.45) is 11.8 Å². The number of amides is 2. The maximum atomic E-state index is 12.9. The van der Waals surface area contributed by atoms with E-state index in [1.165, 1.54) is 7.11 Å². The molecule has 6 heteroatoms. The molecule has 6 nitrogen and oxygen atoms in total. The SMILES string of the molecule is COC(=O)[C@H]1C[C@H]2CN(C(=O)CC(C)C)CC(=O)N2[C@H]1c1ccccc1. The van der Waals surface area contributed by atoms with Crippen LogP contribution >= 0.6 is 0 Å². The van der Waals surface area contributed by atoms with Gasteiger partial charge in [0, 0.05) is 13.0 Å². The largest absolute Gasteiger partial charge is 0.469 e. The Balaban J connectivity index is 1.87. The van der Waals surface area contributed by atoms with Gasteiger partial charge >= 0.3 is 5.97 Å². The predicted molar refractivity (Wildman–Crippen MR) is 96.0 cm³/mol. The number of nitrogens with zero attached hydrogens (tertiary/aromatic N) is 2. The fourth-order valence-electron chi connectivity index (χ4n) is 4.13. The number of hydrogen-bond donors (Lipinski definition) is 0. The minimum absolute atomic E-state index is 0.00535. The fourth-order valence-corrected chi connectivity index (χ4v) is 4.13.